The number of ether oxygens (including phenoxy) is 2. The standard InChI is InChI=1S/C24H32N4O3/c1-16(2)23(29)27-20-8-6-17(7-9-20)14-26-24(25-3)28-11-10-18-12-21(30-4)22(31-5)13-19(18)15-28/h6-9,12-13,16H,10-11,14-15H2,1-5H3,(H,25,26)(H,27,29). The number of fused-ring (bicyclic) bond motifs is 1. The molecule has 0 spiro atoms. The van der Waals surface area contributed by atoms with Gasteiger partial charge < -0.3 is 25.0 Å². The van der Waals surface area contributed by atoms with Crippen LogP contribution in [-0.2, 0) is 24.3 Å². The fourth-order valence-electron chi connectivity index (χ4n) is 3.57. The zero-order chi connectivity index (χ0) is 22.4. The van der Waals surface area contributed by atoms with E-state index in [2.05, 4.69) is 32.7 Å². The van der Waals surface area contributed by atoms with Crippen molar-refractivity contribution in [3.8, 4) is 11.5 Å². The lowest BCUT2D eigenvalue weighted by atomic mass is 9.99. The van der Waals surface area contributed by atoms with E-state index >= 15 is 0 Å². The summed E-state index contributed by atoms with van der Waals surface area (Å²) in [6.45, 7) is 6.05. The predicted octanol–water partition coefficient (Wildman–Crippen LogP) is 3.43. The number of methoxy groups -OCH3 is 2. The Labute approximate surface area is 184 Å². The molecule has 1 aliphatic rings. The van der Waals surface area contributed by atoms with Crippen molar-refractivity contribution >= 4 is 17.6 Å². The molecule has 2 aromatic carbocycles. The number of hydrogen-bond acceptors (Lipinski definition) is 4. The van der Waals surface area contributed by atoms with Gasteiger partial charge in [0.15, 0.2) is 17.5 Å². The molecule has 0 saturated heterocycles. The number of carbonyl (C=O) groups excluding carboxylic acids is 1. The minimum atomic E-state index is -0.0413. The van der Waals surface area contributed by atoms with Crippen LogP contribution in [-0.4, -0.2) is 44.6 Å². The number of hydrogen-bond donors (Lipinski definition) is 2. The Hall–Kier alpha value is -3.22. The van der Waals surface area contributed by atoms with Crippen LogP contribution < -0.4 is 20.1 Å². The molecule has 2 N–H and O–H groups in total. The van der Waals surface area contributed by atoms with Crippen LogP contribution in [0.2, 0.25) is 0 Å². The number of rotatable bonds is 6. The van der Waals surface area contributed by atoms with E-state index in [1.54, 1.807) is 21.3 Å². The zero-order valence-corrected chi connectivity index (χ0v) is 19.0. The molecule has 2 aromatic rings. The lowest BCUT2D eigenvalue weighted by molar-refractivity contribution is -0.118. The van der Waals surface area contributed by atoms with E-state index in [0.717, 1.165) is 48.2 Å². The Morgan fingerprint density at radius 3 is 2.32 bits per heavy atom. The molecule has 0 saturated carbocycles. The number of anilines is 1. The van der Waals surface area contributed by atoms with Crippen LogP contribution in [0.15, 0.2) is 41.4 Å². The second kappa shape index (κ2) is 10.2. The van der Waals surface area contributed by atoms with Crippen molar-refractivity contribution in [3.63, 3.8) is 0 Å². The molecule has 0 atom stereocenters. The molecule has 0 radical (unpaired) electrons. The van der Waals surface area contributed by atoms with Gasteiger partial charge in [-0.05, 0) is 47.4 Å². The molecule has 166 valence electrons. The highest BCUT2D eigenvalue weighted by Crippen LogP contribution is 2.33. The van der Waals surface area contributed by atoms with E-state index in [-0.39, 0.29) is 11.8 Å². The van der Waals surface area contributed by atoms with E-state index in [9.17, 15) is 4.79 Å². The molecule has 0 aromatic heterocycles. The third kappa shape index (κ3) is 5.48. The fraction of sp³-hybridized carbons (Fsp3) is 0.417. The summed E-state index contributed by atoms with van der Waals surface area (Å²) >= 11 is 0. The Morgan fingerprint density at radius 2 is 1.74 bits per heavy atom. The number of nitrogens with zero attached hydrogens (tertiary/aromatic N) is 2. The second-order valence-corrected chi connectivity index (χ2v) is 7.89. The molecule has 3 rings (SSSR count). The highest BCUT2D eigenvalue weighted by Gasteiger charge is 2.21. The average molecular weight is 425 g/mol. The third-order valence-electron chi connectivity index (χ3n) is 5.43. The van der Waals surface area contributed by atoms with Gasteiger partial charge in [-0.3, -0.25) is 9.79 Å². The minimum absolute atomic E-state index is 0.0194. The molecule has 7 nitrogen and oxygen atoms in total. The molecule has 31 heavy (non-hydrogen) atoms. The SMILES string of the molecule is CN=C(NCc1ccc(NC(=O)C(C)C)cc1)N1CCc2cc(OC)c(OC)cc2C1. The first-order chi connectivity index (χ1) is 14.9. The number of nitrogens with one attached hydrogen (secondary N) is 2. The summed E-state index contributed by atoms with van der Waals surface area (Å²) in [4.78, 5) is 18.5. The van der Waals surface area contributed by atoms with E-state index in [4.69, 9.17) is 9.47 Å². The van der Waals surface area contributed by atoms with Crippen molar-refractivity contribution < 1.29 is 14.3 Å². The third-order valence-corrected chi connectivity index (χ3v) is 5.43. The molecule has 7 heteroatoms. The lowest BCUT2D eigenvalue weighted by Crippen LogP contribution is -2.43. The van der Waals surface area contributed by atoms with Crippen LogP contribution >= 0.6 is 0 Å². The maximum atomic E-state index is 11.8. The van der Waals surface area contributed by atoms with Gasteiger partial charge in [-0.25, -0.2) is 0 Å². The highest BCUT2D eigenvalue weighted by atomic mass is 16.5. The zero-order valence-electron chi connectivity index (χ0n) is 19.0. The summed E-state index contributed by atoms with van der Waals surface area (Å²) in [5.74, 6) is 2.35. The van der Waals surface area contributed by atoms with E-state index in [0.29, 0.717) is 6.54 Å². The number of aliphatic imine (C=N–C) groups is 1. The molecule has 0 unspecified atom stereocenters. The smallest absolute Gasteiger partial charge is 0.226 e. The lowest BCUT2D eigenvalue weighted by Gasteiger charge is -2.32. The molecular formula is C24H32N4O3. The maximum Gasteiger partial charge on any atom is 0.226 e. The van der Waals surface area contributed by atoms with Crippen molar-refractivity contribution in [2.24, 2.45) is 10.9 Å². The fourth-order valence-corrected chi connectivity index (χ4v) is 3.57. The summed E-state index contributed by atoms with van der Waals surface area (Å²) < 4.78 is 10.9. The van der Waals surface area contributed by atoms with Crippen molar-refractivity contribution in [1.29, 1.82) is 0 Å². The van der Waals surface area contributed by atoms with Crippen molar-refractivity contribution in [2.75, 3.05) is 33.1 Å². The quantitative estimate of drug-likeness (QED) is 0.549. The first-order valence-corrected chi connectivity index (χ1v) is 10.5. The number of benzene rings is 2. The molecule has 1 heterocycles. The highest BCUT2D eigenvalue weighted by molar-refractivity contribution is 5.92. The molecule has 0 aliphatic carbocycles. The van der Waals surface area contributed by atoms with E-state index in [1.165, 1.54) is 11.1 Å². The Kier molecular flexibility index (Phi) is 7.39. The molecular weight excluding hydrogens is 392 g/mol. The summed E-state index contributed by atoms with van der Waals surface area (Å²) in [5, 5.41) is 6.36. The van der Waals surface area contributed by atoms with Crippen LogP contribution in [0.25, 0.3) is 0 Å². The van der Waals surface area contributed by atoms with Gasteiger partial charge in [-0.1, -0.05) is 26.0 Å². The van der Waals surface area contributed by atoms with Crippen molar-refractivity contribution in [2.45, 2.75) is 33.4 Å². The van der Waals surface area contributed by atoms with Gasteiger partial charge in [-0.2, -0.15) is 0 Å². The average Bonchev–Trinajstić information content (AvgIpc) is 2.79. The van der Waals surface area contributed by atoms with Crippen LogP contribution in [0.4, 0.5) is 5.69 Å². The number of amides is 1. The van der Waals surface area contributed by atoms with Crippen molar-refractivity contribution in [3.05, 3.63) is 53.1 Å². The van der Waals surface area contributed by atoms with Crippen LogP contribution in [0.3, 0.4) is 0 Å². The van der Waals surface area contributed by atoms with Gasteiger partial charge in [0.1, 0.15) is 0 Å². The summed E-state index contributed by atoms with van der Waals surface area (Å²) in [6.07, 6.45) is 0.917. The van der Waals surface area contributed by atoms with Gasteiger partial charge in [0.25, 0.3) is 0 Å². The first-order valence-electron chi connectivity index (χ1n) is 10.5. The maximum absolute atomic E-state index is 11.8. The topological polar surface area (TPSA) is 75.2 Å². The normalized spacial score (nSPS) is 13.6. The van der Waals surface area contributed by atoms with Crippen molar-refractivity contribution in [1.82, 2.24) is 10.2 Å². The molecule has 1 amide bonds. The molecule has 1 aliphatic heterocycles. The van der Waals surface area contributed by atoms with Gasteiger partial charge >= 0.3 is 0 Å². The molecule has 0 fully saturated rings. The summed E-state index contributed by atoms with van der Waals surface area (Å²) in [7, 11) is 5.12. The second-order valence-electron chi connectivity index (χ2n) is 7.89. The van der Waals surface area contributed by atoms with Crippen LogP contribution in [0.5, 0.6) is 11.5 Å². The first kappa shape index (κ1) is 22.5. The van der Waals surface area contributed by atoms with E-state index in [1.807, 2.05) is 38.1 Å². The molecule has 0 bridgehead atoms. The van der Waals surface area contributed by atoms with Crippen LogP contribution in [0.1, 0.15) is 30.5 Å². The monoisotopic (exact) mass is 424 g/mol. The van der Waals surface area contributed by atoms with E-state index < -0.39 is 0 Å². The Bertz CT molecular complexity index is 939. The van der Waals surface area contributed by atoms with Gasteiger partial charge in [-0.15, -0.1) is 0 Å². The predicted molar refractivity (Wildman–Crippen MR) is 124 cm³/mol. The summed E-state index contributed by atoms with van der Waals surface area (Å²) in [5.41, 5.74) is 4.43. The minimum Gasteiger partial charge on any atom is -0.493 e. The number of carbonyl (C=O) groups is 1. The van der Waals surface area contributed by atoms with Gasteiger partial charge in [0, 0.05) is 38.3 Å². The number of guanidine groups is 1. The Balaban J connectivity index is 1.62. The largest absolute Gasteiger partial charge is 0.493 e. The summed E-state index contributed by atoms with van der Waals surface area (Å²) in [6, 6.07) is 12.0. The van der Waals surface area contributed by atoms with Crippen LogP contribution in [0, 0.1) is 5.92 Å². The van der Waals surface area contributed by atoms with Gasteiger partial charge in [0.05, 0.1) is 14.2 Å². The Morgan fingerprint density at radius 1 is 1.10 bits per heavy atom. The van der Waals surface area contributed by atoms with Gasteiger partial charge in [0.2, 0.25) is 5.91 Å².